The summed E-state index contributed by atoms with van der Waals surface area (Å²) in [4.78, 5) is 0. The van der Waals surface area contributed by atoms with Crippen LogP contribution in [0.1, 0.15) is 31.4 Å². The van der Waals surface area contributed by atoms with E-state index in [4.69, 9.17) is 10.5 Å². The van der Waals surface area contributed by atoms with Gasteiger partial charge < -0.3 is 15.6 Å². The van der Waals surface area contributed by atoms with Crippen molar-refractivity contribution < 1.29 is 14.2 Å². The molecule has 0 saturated heterocycles. The summed E-state index contributed by atoms with van der Waals surface area (Å²) in [5, 5.41) is 9.74. The van der Waals surface area contributed by atoms with Gasteiger partial charge in [-0.15, -0.1) is 12.4 Å². The molecule has 1 rings (SSSR count). The summed E-state index contributed by atoms with van der Waals surface area (Å²) < 4.78 is 18.0. The van der Waals surface area contributed by atoms with Gasteiger partial charge in [0.25, 0.3) is 0 Å². The topological polar surface area (TPSA) is 55.5 Å². The second kappa shape index (κ2) is 6.55. The number of rotatable bonds is 4. The van der Waals surface area contributed by atoms with E-state index in [1.807, 2.05) is 6.92 Å². The van der Waals surface area contributed by atoms with Gasteiger partial charge in [0.1, 0.15) is 5.82 Å². The fourth-order valence-corrected chi connectivity index (χ4v) is 1.50. The summed E-state index contributed by atoms with van der Waals surface area (Å²) in [7, 11) is 1.38. The van der Waals surface area contributed by atoms with Crippen LogP contribution in [0.2, 0.25) is 0 Å². The van der Waals surface area contributed by atoms with Gasteiger partial charge in [-0.25, -0.2) is 4.39 Å². The van der Waals surface area contributed by atoms with E-state index in [1.165, 1.54) is 13.2 Å². The van der Waals surface area contributed by atoms with Crippen LogP contribution in [0.5, 0.6) is 11.5 Å². The summed E-state index contributed by atoms with van der Waals surface area (Å²) in [6.45, 7) is 1.98. The first kappa shape index (κ1) is 15.0. The number of phenolic OH excluding ortho intramolecular Hbond substituents is 1. The number of ether oxygens (including phenoxy) is 1. The molecule has 3 nitrogen and oxygen atoms in total. The van der Waals surface area contributed by atoms with Crippen LogP contribution in [0.25, 0.3) is 0 Å². The Kier molecular flexibility index (Phi) is 6.14. The molecular weight excluding hydrogens is 233 g/mol. The van der Waals surface area contributed by atoms with E-state index in [1.54, 1.807) is 0 Å². The highest BCUT2D eigenvalue weighted by Gasteiger charge is 2.15. The quantitative estimate of drug-likeness (QED) is 0.863. The van der Waals surface area contributed by atoms with Crippen LogP contribution < -0.4 is 10.5 Å². The largest absolute Gasteiger partial charge is 0.504 e. The molecule has 0 amide bonds. The summed E-state index contributed by atoms with van der Waals surface area (Å²) in [5.74, 6) is -0.400. The Morgan fingerprint density at radius 2 is 2.12 bits per heavy atom. The summed E-state index contributed by atoms with van der Waals surface area (Å²) >= 11 is 0. The molecule has 0 radical (unpaired) electrons. The molecule has 0 aliphatic carbocycles. The number of benzene rings is 1. The maximum absolute atomic E-state index is 13.1. The SMILES string of the molecule is CCC[C@H](N)c1cc(F)cc(OC)c1O.Cl. The minimum Gasteiger partial charge on any atom is -0.504 e. The highest BCUT2D eigenvalue weighted by atomic mass is 35.5. The maximum Gasteiger partial charge on any atom is 0.163 e. The van der Waals surface area contributed by atoms with E-state index in [9.17, 15) is 9.50 Å². The summed E-state index contributed by atoms with van der Waals surface area (Å²) in [6, 6.07) is 2.02. The van der Waals surface area contributed by atoms with Gasteiger partial charge in [0, 0.05) is 17.7 Å². The Balaban J connectivity index is 0.00000225. The van der Waals surface area contributed by atoms with Crippen LogP contribution in [0, 0.1) is 5.82 Å². The number of halogens is 2. The van der Waals surface area contributed by atoms with E-state index in [-0.39, 0.29) is 29.9 Å². The smallest absolute Gasteiger partial charge is 0.163 e. The van der Waals surface area contributed by atoms with Crippen molar-refractivity contribution in [1.82, 2.24) is 0 Å². The van der Waals surface area contributed by atoms with Crippen LogP contribution in [0.3, 0.4) is 0 Å². The molecule has 92 valence electrons. The minimum atomic E-state index is -0.453. The molecule has 0 unspecified atom stereocenters. The molecule has 1 aromatic rings. The van der Waals surface area contributed by atoms with Gasteiger partial charge in [-0.05, 0) is 12.5 Å². The first-order valence-corrected chi connectivity index (χ1v) is 4.92. The zero-order chi connectivity index (χ0) is 11.4. The van der Waals surface area contributed by atoms with Crippen LogP contribution in [0.4, 0.5) is 4.39 Å². The average molecular weight is 250 g/mol. The molecule has 1 aromatic carbocycles. The Labute approximate surface area is 101 Å². The first-order valence-electron chi connectivity index (χ1n) is 4.92. The lowest BCUT2D eigenvalue weighted by Crippen LogP contribution is -2.10. The molecule has 1 atom stereocenters. The van der Waals surface area contributed by atoms with Gasteiger partial charge in [0.15, 0.2) is 11.5 Å². The zero-order valence-electron chi connectivity index (χ0n) is 9.37. The van der Waals surface area contributed by atoms with Crippen LogP contribution in [-0.4, -0.2) is 12.2 Å². The van der Waals surface area contributed by atoms with E-state index < -0.39 is 5.82 Å². The average Bonchev–Trinajstić information content (AvgIpc) is 2.21. The molecule has 0 spiro atoms. The third-order valence-electron chi connectivity index (χ3n) is 2.29. The highest BCUT2D eigenvalue weighted by molar-refractivity contribution is 5.85. The van der Waals surface area contributed by atoms with Gasteiger partial charge in [0.2, 0.25) is 0 Å². The second-order valence-corrected chi connectivity index (χ2v) is 3.44. The molecule has 0 saturated carbocycles. The Morgan fingerprint density at radius 1 is 1.50 bits per heavy atom. The van der Waals surface area contributed by atoms with Crippen molar-refractivity contribution >= 4 is 12.4 Å². The van der Waals surface area contributed by atoms with Crippen molar-refractivity contribution in [2.24, 2.45) is 5.73 Å². The molecule has 3 N–H and O–H groups in total. The third-order valence-corrected chi connectivity index (χ3v) is 2.29. The maximum atomic E-state index is 13.1. The number of nitrogens with two attached hydrogens (primary N) is 1. The van der Waals surface area contributed by atoms with E-state index in [0.717, 1.165) is 12.5 Å². The molecule has 0 fully saturated rings. The van der Waals surface area contributed by atoms with E-state index in [0.29, 0.717) is 12.0 Å². The molecule has 0 bridgehead atoms. The fraction of sp³-hybridized carbons (Fsp3) is 0.455. The number of methoxy groups -OCH3 is 1. The molecule has 0 heterocycles. The predicted molar refractivity (Wildman–Crippen MR) is 63.7 cm³/mol. The third kappa shape index (κ3) is 3.25. The summed E-state index contributed by atoms with van der Waals surface area (Å²) in [5.41, 5.74) is 6.21. The van der Waals surface area contributed by atoms with E-state index >= 15 is 0 Å². The van der Waals surface area contributed by atoms with Crippen molar-refractivity contribution in [3.05, 3.63) is 23.5 Å². The second-order valence-electron chi connectivity index (χ2n) is 3.44. The lowest BCUT2D eigenvalue weighted by Gasteiger charge is -2.14. The van der Waals surface area contributed by atoms with Crippen molar-refractivity contribution in [3.63, 3.8) is 0 Å². The molecule has 0 aliphatic rings. The normalized spacial score (nSPS) is 11.8. The lowest BCUT2D eigenvalue weighted by molar-refractivity contribution is 0.364. The monoisotopic (exact) mass is 249 g/mol. The standard InChI is InChI=1S/C11H16FNO2.ClH/c1-3-4-9(13)8-5-7(12)6-10(15-2)11(8)14;/h5-6,9,14H,3-4,13H2,1-2H3;1H/t9-;/m0./s1. The van der Waals surface area contributed by atoms with Gasteiger partial charge in [-0.2, -0.15) is 0 Å². The minimum absolute atomic E-state index is 0. The van der Waals surface area contributed by atoms with Crippen molar-refractivity contribution in [1.29, 1.82) is 0 Å². The molecular formula is C11H17ClFNO2. The predicted octanol–water partition coefficient (Wildman–Crippen LogP) is 2.76. The number of aromatic hydroxyl groups is 1. The molecule has 5 heteroatoms. The molecule has 16 heavy (non-hydrogen) atoms. The first-order chi connectivity index (χ1) is 7.10. The van der Waals surface area contributed by atoms with Gasteiger partial charge in [0.05, 0.1) is 7.11 Å². The fourth-order valence-electron chi connectivity index (χ4n) is 1.50. The van der Waals surface area contributed by atoms with Crippen LogP contribution in [-0.2, 0) is 0 Å². The van der Waals surface area contributed by atoms with Gasteiger partial charge >= 0.3 is 0 Å². The Hall–Kier alpha value is -1.000. The zero-order valence-corrected chi connectivity index (χ0v) is 10.2. The van der Waals surface area contributed by atoms with Crippen LogP contribution >= 0.6 is 12.4 Å². The van der Waals surface area contributed by atoms with Gasteiger partial charge in [-0.3, -0.25) is 0 Å². The van der Waals surface area contributed by atoms with Crippen molar-refractivity contribution in [2.75, 3.05) is 7.11 Å². The number of hydrogen-bond donors (Lipinski definition) is 2. The summed E-state index contributed by atoms with van der Waals surface area (Å²) in [6.07, 6.45) is 1.57. The van der Waals surface area contributed by atoms with E-state index in [2.05, 4.69) is 0 Å². The Bertz CT molecular complexity index is 347. The van der Waals surface area contributed by atoms with Crippen LogP contribution in [0.15, 0.2) is 12.1 Å². The molecule has 0 aromatic heterocycles. The Morgan fingerprint density at radius 3 is 2.62 bits per heavy atom. The number of phenols is 1. The number of hydrogen-bond acceptors (Lipinski definition) is 3. The van der Waals surface area contributed by atoms with Crippen molar-refractivity contribution in [2.45, 2.75) is 25.8 Å². The van der Waals surface area contributed by atoms with Gasteiger partial charge in [-0.1, -0.05) is 13.3 Å². The highest BCUT2D eigenvalue weighted by Crippen LogP contribution is 2.35. The lowest BCUT2D eigenvalue weighted by atomic mass is 10.0. The van der Waals surface area contributed by atoms with Crippen molar-refractivity contribution in [3.8, 4) is 11.5 Å². The molecule has 0 aliphatic heterocycles.